The number of hydrogen-bond acceptors (Lipinski definition) is 5. The van der Waals surface area contributed by atoms with Crippen LogP contribution >= 0.6 is 11.8 Å². The fraction of sp³-hybridized carbons (Fsp3) is 0.263. The maximum atomic E-state index is 12.6. The van der Waals surface area contributed by atoms with Gasteiger partial charge in [-0.05, 0) is 50.4 Å². The summed E-state index contributed by atoms with van der Waals surface area (Å²) in [5.74, 6) is -0.725. The van der Waals surface area contributed by atoms with Crippen LogP contribution < -0.4 is 5.32 Å². The molecule has 0 fully saturated rings. The summed E-state index contributed by atoms with van der Waals surface area (Å²) in [6.45, 7) is 4.95. The predicted octanol–water partition coefficient (Wildman–Crippen LogP) is 4.05. The van der Waals surface area contributed by atoms with Crippen molar-refractivity contribution in [2.24, 2.45) is 0 Å². The number of anilines is 1. The fourth-order valence-corrected chi connectivity index (χ4v) is 3.04. The number of rotatable bonds is 7. The molecule has 0 saturated heterocycles. The molecule has 7 nitrogen and oxygen atoms in total. The van der Waals surface area contributed by atoms with Gasteiger partial charge in [-0.2, -0.15) is 0 Å². The van der Waals surface area contributed by atoms with Gasteiger partial charge in [-0.1, -0.05) is 6.07 Å². The van der Waals surface area contributed by atoms with E-state index in [4.69, 9.17) is 0 Å². The summed E-state index contributed by atoms with van der Waals surface area (Å²) in [5.41, 5.74) is 0.568. The second-order valence-electron chi connectivity index (χ2n) is 5.65. The number of thioether (sulfide) groups is 1. The van der Waals surface area contributed by atoms with Crippen LogP contribution in [0, 0.1) is 10.1 Å². The highest BCUT2D eigenvalue weighted by Crippen LogP contribution is 2.26. The molecule has 0 atom stereocenters. The molecule has 2 aromatic rings. The molecule has 0 aliphatic heterocycles. The first-order valence-corrected chi connectivity index (χ1v) is 9.66. The second-order valence-corrected chi connectivity index (χ2v) is 6.53. The lowest BCUT2D eigenvalue weighted by Crippen LogP contribution is -2.30. The van der Waals surface area contributed by atoms with E-state index in [-0.39, 0.29) is 17.2 Å². The molecule has 0 unspecified atom stereocenters. The molecule has 0 spiro atoms. The van der Waals surface area contributed by atoms with Gasteiger partial charge in [0.15, 0.2) is 0 Å². The highest BCUT2D eigenvalue weighted by atomic mass is 32.2. The Morgan fingerprint density at radius 3 is 2.44 bits per heavy atom. The van der Waals surface area contributed by atoms with Gasteiger partial charge in [0.05, 0.1) is 4.92 Å². The molecule has 0 aromatic heterocycles. The average Bonchev–Trinajstić information content (AvgIpc) is 2.68. The predicted molar refractivity (Wildman–Crippen MR) is 107 cm³/mol. The smallest absolute Gasteiger partial charge is 0.282 e. The lowest BCUT2D eigenvalue weighted by atomic mass is 10.1. The molecule has 0 aliphatic carbocycles. The van der Waals surface area contributed by atoms with Gasteiger partial charge in [0.2, 0.25) is 0 Å². The van der Waals surface area contributed by atoms with E-state index in [1.165, 1.54) is 23.9 Å². The van der Waals surface area contributed by atoms with Crippen molar-refractivity contribution in [2.45, 2.75) is 18.7 Å². The fourth-order valence-electron chi connectivity index (χ4n) is 2.61. The van der Waals surface area contributed by atoms with Crippen LogP contribution in [-0.4, -0.2) is 41.0 Å². The number of amides is 2. The molecule has 0 saturated carbocycles. The van der Waals surface area contributed by atoms with Gasteiger partial charge in [0, 0.05) is 35.3 Å². The number of carbonyl (C=O) groups is 2. The second kappa shape index (κ2) is 9.18. The monoisotopic (exact) mass is 387 g/mol. The van der Waals surface area contributed by atoms with Crippen LogP contribution in [0.5, 0.6) is 0 Å². The molecular formula is C19H21N3O4S. The molecule has 27 heavy (non-hydrogen) atoms. The van der Waals surface area contributed by atoms with Crippen molar-refractivity contribution in [1.82, 2.24) is 4.90 Å². The molecule has 1 N–H and O–H groups in total. The van der Waals surface area contributed by atoms with Crippen molar-refractivity contribution < 1.29 is 14.5 Å². The van der Waals surface area contributed by atoms with Crippen molar-refractivity contribution in [2.75, 3.05) is 24.7 Å². The van der Waals surface area contributed by atoms with E-state index in [0.29, 0.717) is 24.3 Å². The summed E-state index contributed by atoms with van der Waals surface area (Å²) in [5, 5.41) is 13.9. The third-order valence-corrected chi connectivity index (χ3v) is 4.79. The molecule has 2 aromatic carbocycles. The van der Waals surface area contributed by atoms with Gasteiger partial charge >= 0.3 is 0 Å². The normalized spacial score (nSPS) is 10.3. The maximum Gasteiger partial charge on any atom is 0.282 e. The van der Waals surface area contributed by atoms with Crippen molar-refractivity contribution >= 4 is 35.0 Å². The summed E-state index contributed by atoms with van der Waals surface area (Å²) in [6, 6.07) is 11.0. The lowest BCUT2D eigenvalue weighted by molar-refractivity contribution is -0.385. The number of benzene rings is 2. The van der Waals surface area contributed by atoms with Gasteiger partial charge in [-0.15, -0.1) is 11.8 Å². The zero-order chi connectivity index (χ0) is 20.0. The summed E-state index contributed by atoms with van der Waals surface area (Å²) in [4.78, 5) is 38.1. The summed E-state index contributed by atoms with van der Waals surface area (Å²) >= 11 is 1.39. The van der Waals surface area contributed by atoms with E-state index in [1.54, 1.807) is 35.2 Å². The van der Waals surface area contributed by atoms with E-state index in [2.05, 4.69) is 5.32 Å². The first kappa shape index (κ1) is 20.4. The first-order valence-electron chi connectivity index (χ1n) is 8.44. The molecule has 0 radical (unpaired) electrons. The number of nitrogens with one attached hydrogen (secondary N) is 1. The third-order valence-electron chi connectivity index (χ3n) is 4.06. The quantitative estimate of drug-likeness (QED) is 0.439. The SMILES string of the molecule is CCN(CC)C(=O)c1cccc(NC(=O)c2cc(SC)ccc2[N+](=O)[O-])c1. The Kier molecular flexibility index (Phi) is 6.95. The average molecular weight is 387 g/mol. The Labute approximate surface area is 161 Å². The minimum atomic E-state index is -0.593. The molecule has 8 heteroatoms. The molecule has 0 bridgehead atoms. The number of carbonyl (C=O) groups excluding carboxylic acids is 2. The Bertz CT molecular complexity index is 866. The summed E-state index contributed by atoms with van der Waals surface area (Å²) < 4.78 is 0. The number of nitro groups is 1. The van der Waals surface area contributed by atoms with E-state index in [0.717, 1.165) is 4.90 Å². The minimum Gasteiger partial charge on any atom is -0.339 e. The molecule has 0 aliphatic rings. The van der Waals surface area contributed by atoms with Crippen molar-refractivity contribution in [1.29, 1.82) is 0 Å². The largest absolute Gasteiger partial charge is 0.339 e. The Morgan fingerprint density at radius 1 is 1.15 bits per heavy atom. The van der Waals surface area contributed by atoms with Crippen LogP contribution in [0.3, 0.4) is 0 Å². The van der Waals surface area contributed by atoms with E-state index in [1.807, 2.05) is 20.1 Å². The van der Waals surface area contributed by atoms with Crippen molar-refractivity contribution in [3.05, 3.63) is 63.7 Å². The standard InChI is InChI=1S/C19H21N3O4S/c1-4-21(5-2)19(24)13-7-6-8-14(11-13)20-18(23)16-12-15(27-3)9-10-17(16)22(25)26/h6-12H,4-5H2,1-3H3,(H,20,23). The Hall–Kier alpha value is -2.87. The minimum absolute atomic E-state index is 0.0210. The van der Waals surface area contributed by atoms with Crippen molar-refractivity contribution in [3.63, 3.8) is 0 Å². The number of nitrogens with zero attached hydrogens (tertiary/aromatic N) is 2. The summed E-state index contributed by atoms with van der Waals surface area (Å²) in [6.07, 6.45) is 1.82. The topological polar surface area (TPSA) is 92.6 Å². The van der Waals surface area contributed by atoms with Crippen LogP contribution in [0.15, 0.2) is 47.4 Å². The highest BCUT2D eigenvalue weighted by Gasteiger charge is 2.21. The first-order chi connectivity index (χ1) is 12.9. The van der Waals surface area contributed by atoms with E-state index >= 15 is 0 Å². The molecular weight excluding hydrogens is 366 g/mol. The van der Waals surface area contributed by atoms with Crippen molar-refractivity contribution in [3.8, 4) is 0 Å². The van der Waals surface area contributed by atoms with Crippen LogP contribution in [0.2, 0.25) is 0 Å². The van der Waals surface area contributed by atoms with Gasteiger partial charge in [-0.3, -0.25) is 19.7 Å². The zero-order valence-corrected chi connectivity index (χ0v) is 16.2. The lowest BCUT2D eigenvalue weighted by Gasteiger charge is -2.19. The molecule has 2 rings (SSSR count). The van der Waals surface area contributed by atoms with E-state index in [9.17, 15) is 19.7 Å². The Balaban J connectivity index is 2.30. The number of hydrogen-bond donors (Lipinski definition) is 1. The van der Waals surface area contributed by atoms with Gasteiger partial charge in [0.1, 0.15) is 5.56 Å². The maximum absolute atomic E-state index is 12.6. The van der Waals surface area contributed by atoms with Crippen LogP contribution in [0.1, 0.15) is 34.6 Å². The Morgan fingerprint density at radius 2 is 1.85 bits per heavy atom. The molecule has 142 valence electrons. The van der Waals surface area contributed by atoms with Gasteiger partial charge in [0.25, 0.3) is 17.5 Å². The van der Waals surface area contributed by atoms with Crippen LogP contribution in [0.25, 0.3) is 0 Å². The van der Waals surface area contributed by atoms with Gasteiger partial charge in [-0.25, -0.2) is 0 Å². The highest BCUT2D eigenvalue weighted by molar-refractivity contribution is 7.98. The molecule has 0 heterocycles. The molecule has 2 amide bonds. The zero-order valence-electron chi connectivity index (χ0n) is 15.4. The van der Waals surface area contributed by atoms with Crippen LogP contribution in [0.4, 0.5) is 11.4 Å². The van der Waals surface area contributed by atoms with E-state index < -0.39 is 10.8 Å². The van der Waals surface area contributed by atoms with Crippen LogP contribution in [-0.2, 0) is 0 Å². The van der Waals surface area contributed by atoms with Gasteiger partial charge < -0.3 is 10.2 Å². The third kappa shape index (κ3) is 4.85. The summed E-state index contributed by atoms with van der Waals surface area (Å²) in [7, 11) is 0. The number of nitro benzene ring substituents is 1.